The predicted molar refractivity (Wildman–Crippen MR) is 74.6 cm³/mol. The first-order valence-corrected chi connectivity index (χ1v) is 8.23. The van der Waals surface area contributed by atoms with E-state index in [1.165, 1.54) is 64.3 Å². The van der Waals surface area contributed by atoms with Crippen molar-refractivity contribution in [3.63, 3.8) is 0 Å². The molecule has 0 bridgehead atoms. The van der Waals surface area contributed by atoms with Crippen LogP contribution in [-0.4, -0.2) is 25.8 Å². The van der Waals surface area contributed by atoms with E-state index in [-0.39, 0.29) is 0 Å². The standard InChI is InChI=1S/C16H29NO/c1-2-6-15-10-16(8-7-14(15)5-1)17-11-13-4-3-9-18-12-13/h13-17H,1-12H2. The summed E-state index contributed by atoms with van der Waals surface area (Å²) >= 11 is 0. The van der Waals surface area contributed by atoms with E-state index in [1.54, 1.807) is 0 Å². The third-order valence-electron chi connectivity index (χ3n) is 5.49. The smallest absolute Gasteiger partial charge is 0.0506 e. The molecule has 1 aliphatic heterocycles. The maximum Gasteiger partial charge on any atom is 0.0506 e. The van der Waals surface area contributed by atoms with Crippen molar-refractivity contribution < 1.29 is 4.74 Å². The minimum atomic E-state index is 0.780. The lowest BCUT2D eigenvalue weighted by Crippen LogP contribution is -2.41. The Morgan fingerprint density at radius 1 is 0.889 bits per heavy atom. The molecule has 2 saturated carbocycles. The molecule has 1 saturated heterocycles. The summed E-state index contributed by atoms with van der Waals surface area (Å²) in [5.74, 6) is 2.91. The lowest BCUT2D eigenvalue weighted by atomic mass is 9.69. The number of fused-ring (bicyclic) bond motifs is 1. The predicted octanol–water partition coefficient (Wildman–Crippen LogP) is 3.36. The lowest BCUT2D eigenvalue weighted by molar-refractivity contribution is 0.0513. The number of hydrogen-bond donors (Lipinski definition) is 1. The number of nitrogens with one attached hydrogen (secondary N) is 1. The Morgan fingerprint density at radius 3 is 2.61 bits per heavy atom. The van der Waals surface area contributed by atoms with Gasteiger partial charge in [-0.25, -0.2) is 0 Å². The molecule has 0 amide bonds. The molecule has 3 aliphatic rings. The molecule has 3 rings (SSSR count). The Balaban J connectivity index is 1.40. The molecule has 0 radical (unpaired) electrons. The molecule has 18 heavy (non-hydrogen) atoms. The van der Waals surface area contributed by atoms with Gasteiger partial charge in [-0.2, -0.15) is 0 Å². The van der Waals surface area contributed by atoms with Crippen LogP contribution >= 0.6 is 0 Å². The number of ether oxygens (including phenoxy) is 1. The highest BCUT2D eigenvalue weighted by atomic mass is 16.5. The molecule has 104 valence electrons. The first-order valence-electron chi connectivity index (χ1n) is 8.23. The van der Waals surface area contributed by atoms with Gasteiger partial charge in [-0.15, -0.1) is 0 Å². The Hall–Kier alpha value is -0.0800. The number of hydrogen-bond acceptors (Lipinski definition) is 2. The van der Waals surface area contributed by atoms with Crippen molar-refractivity contribution in [2.45, 2.75) is 63.8 Å². The van der Waals surface area contributed by atoms with Crippen molar-refractivity contribution in [3.8, 4) is 0 Å². The Morgan fingerprint density at radius 2 is 1.78 bits per heavy atom. The first kappa shape index (κ1) is 12.9. The van der Waals surface area contributed by atoms with Crippen LogP contribution in [0, 0.1) is 17.8 Å². The molecule has 2 heteroatoms. The topological polar surface area (TPSA) is 21.3 Å². The van der Waals surface area contributed by atoms with Gasteiger partial charge in [-0.1, -0.05) is 25.7 Å². The van der Waals surface area contributed by atoms with Gasteiger partial charge in [0.2, 0.25) is 0 Å². The van der Waals surface area contributed by atoms with Crippen LogP contribution in [0.25, 0.3) is 0 Å². The summed E-state index contributed by atoms with van der Waals surface area (Å²) in [5.41, 5.74) is 0. The Labute approximate surface area is 112 Å². The van der Waals surface area contributed by atoms with Crippen molar-refractivity contribution in [1.82, 2.24) is 5.32 Å². The summed E-state index contributed by atoms with van der Waals surface area (Å²) < 4.78 is 5.57. The van der Waals surface area contributed by atoms with Gasteiger partial charge in [-0.3, -0.25) is 0 Å². The summed E-state index contributed by atoms with van der Waals surface area (Å²) in [5, 5.41) is 3.84. The van der Waals surface area contributed by atoms with Crippen molar-refractivity contribution in [2.24, 2.45) is 17.8 Å². The molecule has 2 aliphatic carbocycles. The van der Waals surface area contributed by atoms with Crippen LogP contribution in [-0.2, 0) is 4.74 Å². The van der Waals surface area contributed by atoms with Gasteiger partial charge in [0.15, 0.2) is 0 Å². The average molecular weight is 251 g/mol. The van der Waals surface area contributed by atoms with Crippen LogP contribution in [0.15, 0.2) is 0 Å². The maximum atomic E-state index is 5.57. The largest absolute Gasteiger partial charge is 0.381 e. The van der Waals surface area contributed by atoms with E-state index in [4.69, 9.17) is 4.74 Å². The summed E-state index contributed by atoms with van der Waals surface area (Å²) in [6, 6.07) is 0.811. The highest BCUT2D eigenvalue weighted by Gasteiger charge is 2.32. The fraction of sp³-hybridized carbons (Fsp3) is 1.00. The van der Waals surface area contributed by atoms with E-state index in [1.807, 2.05) is 0 Å². The zero-order valence-corrected chi connectivity index (χ0v) is 11.7. The molecule has 1 heterocycles. The summed E-state index contributed by atoms with van der Waals surface area (Å²) in [6.45, 7) is 3.18. The molecular weight excluding hydrogens is 222 g/mol. The van der Waals surface area contributed by atoms with Crippen molar-refractivity contribution >= 4 is 0 Å². The molecule has 4 atom stereocenters. The van der Waals surface area contributed by atoms with Crippen LogP contribution < -0.4 is 5.32 Å². The van der Waals surface area contributed by atoms with E-state index in [0.717, 1.165) is 37.0 Å². The highest BCUT2D eigenvalue weighted by molar-refractivity contribution is 4.86. The van der Waals surface area contributed by atoms with Gasteiger partial charge < -0.3 is 10.1 Å². The van der Waals surface area contributed by atoms with Gasteiger partial charge in [0.1, 0.15) is 0 Å². The molecule has 1 N–H and O–H groups in total. The number of rotatable bonds is 3. The van der Waals surface area contributed by atoms with Gasteiger partial charge in [-0.05, 0) is 49.9 Å². The zero-order chi connectivity index (χ0) is 12.2. The fourth-order valence-electron chi connectivity index (χ4n) is 4.36. The Kier molecular flexibility index (Phi) is 4.58. The van der Waals surface area contributed by atoms with E-state index in [9.17, 15) is 0 Å². The lowest BCUT2D eigenvalue weighted by Gasteiger charge is -2.40. The van der Waals surface area contributed by atoms with E-state index >= 15 is 0 Å². The summed E-state index contributed by atoms with van der Waals surface area (Å²) in [4.78, 5) is 0. The van der Waals surface area contributed by atoms with Crippen molar-refractivity contribution in [3.05, 3.63) is 0 Å². The van der Waals surface area contributed by atoms with Crippen molar-refractivity contribution in [1.29, 1.82) is 0 Å². The SMILES string of the molecule is C1COCC(CNC2CCC3CCCCC3C2)C1. The second kappa shape index (κ2) is 6.38. The molecule has 2 nitrogen and oxygen atoms in total. The van der Waals surface area contributed by atoms with Gasteiger partial charge in [0.25, 0.3) is 0 Å². The molecule has 0 aromatic heterocycles. The monoisotopic (exact) mass is 251 g/mol. The quantitative estimate of drug-likeness (QED) is 0.830. The van der Waals surface area contributed by atoms with Gasteiger partial charge in [0, 0.05) is 19.2 Å². The van der Waals surface area contributed by atoms with Gasteiger partial charge >= 0.3 is 0 Å². The average Bonchev–Trinajstić information content (AvgIpc) is 2.46. The fourth-order valence-corrected chi connectivity index (χ4v) is 4.36. The van der Waals surface area contributed by atoms with E-state index in [0.29, 0.717) is 0 Å². The molecule has 0 aromatic rings. The molecular formula is C16H29NO. The highest BCUT2D eigenvalue weighted by Crippen LogP contribution is 2.40. The van der Waals surface area contributed by atoms with Crippen LogP contribution in [0.3, 0.4) is 0 Å². The minimum Gasteiger partial charge on any atom is -0.381 e. The minimum absolute atomic E-state index is 0.780. The normalized spacial score (nSPS) is 41.3. The van der Waals surface area contributed by atoms with Crippen LogP contribution in [0.2, 0.25) is 0 Å². The molecule has 0 aromatic carbocycles. The van der Waals surface area contributed by atoms with E-state index < -0.39 is 0 Å². The summed E-state index contributed by atoms with van der Waals surface area (Å²) in [6.07, 6.45) is 13.0. The Bertz CT molecular complexity index is 249. The van der Waals surface area contributed by atoms with Gasteiger partial charge in [0.05, 0.1) is 6.61 Å². The molecule has 3 fully saturated rings. The summed E-state index contributed by atoms with van der Waals surface area (Å²) in [7, 11) is 0. The van der Waals surface area contributed by atoms with E-state index in [2.05, 4.69) is 5.32 Å². The van der Waals surface area contributed by atoms with Crippen LogP contribution in [0.4, 0.5) is 0 Å². The maximum absolute atomic E-state index is 5.57. The molecule has 0 spiro atoms. The zero-order valence-electron chi connectivity index (χ0n) is 11.7. The van der Waals surface area contributed by atoms with Crippen molar-refractivity contribution in [2.75, 3.05) is 19.8 Å². The van der Waals surface area contributed by atoms with Crippen LogP contribution in [0.5, 0.6) is 0 Å². The first-order chi connectivity index (χ1) is 8.92. The second-order valence-electron chi connectivity index (χ2n) is 6.81. The second-order valence-corrected chi connectivity index (χ2v) is 6.81. The van der Waals surface area contributed by atoms with Crippen LogP contribution in [0.1, 0.15) is 57.8 Å². The third kappa shape index (κ3) is 3.27. The third-order valence-corrected chi connectivity index (χ3v) is 5.49. The molecule has 4 unspecified atom stereocenters.